The first-order valence-corrected chi connectivity index (χ1v) is 8.72. The second-order valence-corrected chi connectivity index (χ2v) is 7.07. The van der Waals surface area contributed by atoms with Crippen molar-refractivity contribution < 1.29 is 23.0 Å². The number of rotatable bonds is 9. The van der Waals surface area contributed by atoms with Crippen LogP contribution in [0.3, 0.4) is 0 Å². The summed E-state index contributed by atoms with van der Waals surface area (Å²) in [6.07, 6.45) is 0.970. The molecule has 1 unspecified atom stereocenters. The molecule has 0 amide bonds. The van der Waals surface area contributed by atoms with E-state index in [0.717, 1.165) is 0 Å². The number of methoxy groups -OCH3 is 2. The molecule has 6 nitrogen and oxygen atoms in total. The zero-order chi connectivity index (χ0) is 15.9. The summed E-state index contributed by atoms with van der Waals surface area (Å²) in [7, 11) is 0.160. The van der Waals surface area contributed by atoms with Crippen LogP contribution in [0.15, 0.2) is 18.2 Å². The normalized spacial score (nSPS) is 13.0. The summed E-state index contributed by atoms with van der Waals surface area (Å²) in [5, 5.41) is 13.2. The van der Waals surface area contributed by atoms with Crippen LogP contribution in [0.4, 0.5) is 0 Å². The maximum absolute atomic E-state index is 11.0. The van der Waals surface area contributed by atoms with Gasteiger partial charge in [-0.2, -0.15) is 0 Å². The molecule has 0 aromatic heterocycles. The van der Waals surface area contributed by atoms with Gasteiger partial charge in [0.1, 0.15) is 21.3 Å². The highest BCUT2D eigenvalue weighted by Gasteiger charge is 2.14. The predicted molar refractivity (Wildman–Crippen MR) is 81.7 cm³/mol. The topological polar surface area (TPSA) is 84.9 Å². The second-order valence-electron chi connectivity index (χ2n) is 4.81. The molecule has 120 valence electrons. The molecule has 21 heavy (non-hydrogen) atoms. The molecule has 2 N–H and O–H groups in total. The van der Waals surface area contributed by atoms with Crippen LogP contribution in [0, 0.1) is 0 Å². The van der Waals surface area contributed by atoms with Crippen LogP contribution in [0.25, 0.3) is 0 Å². The number of aliphatic hydroxyl groups excluding tert-OH is 1. The summed E-state index contributed by atoms with van der Waals surface area (Å²) in [5.74, 6) is 1.36. The van der Waals surface area contributed by atoms with E-state index in [0.29, 0.717) is 36.6 Å². The van der Waals surface area contributed by atoms with Crippen molar-refractivity contribution in [2.75, 3.05) is 39.3 Å². The van der Waals surface area contributed by atoms with Crippen LogP contribution in [-0.2, 0) is 9.84 Å². The van der Waals surface area contributed by atoms with E-state index >= 15 is 0 Å². The lowest BCUT2D eigenvalue weighted by Crippen LogP contribution is -2.24. The minimum Gasteiger partial charge on any atom is -0.497 e. The van der Waals surface area contributed by atoms with Gasteiger partial charge in [0.2, 0.25) is 0 Å². The van der Waals surface area contributed by atoms with Gasteiger partial charge in [0.25, 0.3) is 0 Å². The van der Waals surface area contributed by atoms with Gasteiger partial charge in [-0.1, -0.05) is 0 Å². The lowest BCUT2D eigenvalue weighted by Gasteiger charge is -2.16. The number of hydrogen-bond acceptors (Lipinski definition) is 6. The Bertz CT molecular complexity index is 544. The Balaban J connectivity index is 2.53. The van der Waals surface area contributed by atoms with Gasteiger partial charge < -0.3 is 19.9 Å². The van der Waals surface area contributed by atoms with E-state index in [1.165, 1.54) is 13.4 Å². The van der Waals surface area contributed by atoms with Crippen LogP contribution in [0.2, 0.25) is 0 Å². The van der Waals surface area contributed by atoms with Gasteiger partial charge >= 0.3 is 0 Å². The van der Waals surface area contributed by atoms with Crippen molar-refractivity contribution in [2.24, 2.45) is 0 Å². The fourth-order valence-electron chi connectivity index (χ4n) is 1.91. The molecular weight excluding hydrogens is 294 g/mol. The number of ether oxygens (including phenoxy) is 2. The van der Waals surface area contributed by atoms with E-state index < -0.39 is 15.9 Å². The van der Waals surface area contributed by atoms with Crippen molar-refractivity contribution in [3.63, 3.8) is 0 Å². The number of hydrogen-bond donors (Lipinski definition) is 2. The van der Waals surface area contributed by atoms with Gasteiger partial charge in [-0.15, -0.1) is 0 Å². The quantitative estimate of drug-likeness (QED) is 0.654. The molecular formula is C14H23NO5S. The maximum atomic E-state index is 11.0. The standard InChI is InChI=1S/C14H23NO5S/c1-19-11-5-6-14(20-2)12(9-11)13(16)10-15-7-4-8-21(3,17)18/h5-6,9,13,15-16H,4,7-8,10H2,1-3H3. The third-order valence-corrected chi connectivity index (χ3v) is 4.03. The van der Waals surface area contributed by atoms with Crippen molar-refractivity contribution in [1.82, 2.24) is 5.32 Å². The fourth-order valence-corrected chi connectivity index (χ4v) is 2.58. The maximum Gasteiger partial charge on any atom is 0.147 e. The molecule has 0 saturated heterocycles. The molecule has 0 saturated carbocycles. The van der Waals surface area contributed by atoms with Gasteiger partial charge in [-0.05, 0) is 31.2 Å². The number of aliphatic hydroxyl groups is 1. The Morgan fingerprint density at radius 3 is 2.57 bits per heavy atom. The lowest BCUT2D eigenvalue weighted by molar-refractivity contribution is 0.170. The van der Waals surface area contributed by atoms with Crippen LogP contribution >= 0.6 is 0 Å². The molecule has 1 atom stereocenters. The Morgan fingerprint density at radius 1 is 1.29 bits per heavy atom. The average molecular weight is 317 g/mol. The molecule has 0 aliphatic rings. The Kier molecular flexibility index (Phi) is 6.94. The molecule has 7 heteroatoms. The van der Waals surface area contributed by atoms with E-state index in [1.54, 1.807) is 25.3 Å². The zero-order valence-corrected chi connectivity index (χ0v) is 13.4. The Hall–Kier alpha value is -1.31. The van der Waals surface area contributed by atoms with Crippen LogP contribution in [0.1, 0.15) is 18.1 Å². The molecule has 1 rings (SSSR count). The van der Waals surface area contributed by atoms with Gasteiger partial charge in [-0.3, -0.25) is 0 Å². The third-order valence-electron chi connectivity index (χ3n) is 3.00. The highest BCUT2D eigenvalue weighted by Crippen LogP contribution is 2.28. The van der Waals surface area contributed by atoms with Gasteiger partial charge in [0, 0.05) is 18.4 Å². The zero-order valence-electron chi connectivity index (χ0n) is 12.6. The number of benzene rings is 1. The summed E-state index contributed by atoms with van der Waals surface area (Å²) in [4.78, 5) is 0. The van der Waals surface area contributed by atoms with Crippen molar-refractivity contribution in [2.45, 2.75) is 12.5 Å². The lowest BCUT2D eigenvalue weighted by atomic mass is 10.1. The largest absolute Gasteiger partial charge is 0.497 e. The van der Waals surface area contributed by atoms with Crippen molar-refractivity contribution in [1.29, 1.82) is 0 Å². The molecule has 0 bridgehead atoms. The number of sulfone groups is 1. The molecule has 0 radical (unpaired) electrons. The fraction of sp³-hybridized carbons (Fsp3) is 0.571. The van der Waals surface area contributed by atoms with E-state index in [4.69, 9.17) is 9.47 Å². The van der Waals surface area contributed by atoms with Crippen molar-refractivity contribution in [3.05, 3.63) is 23.8 Å². The summed E-state index contributed by atoms with van der Waals surface area (Å²) in [6.45, 7) is 0.837. The first-order valence-electron chi connectivity index (χ1n) is 6.66. The summed E-state index contributed by atoms with van der Waals surface area (Å²) in [6, 6.07) is 5.22. The first kappa shape index (κ1) is 17.7. The van der Waals surface area contributed by atoms with Crippen LogP contribution < -0.4 is 14.8 Å². The SMILES string of the molecule is COc1ccc(OC)c(C(O)CNCCCS(C)(=O)=O)c1. The van der Waals surface area contributed by atoms with E-state index in [2.05, 4.69) is 5.32 Å². The predicted octanol–water partition coefficient (Wildman–Crippen LogP) is 0.761. The van der Waals surface area contributed by atoms with E-state index in [9.17, 15) is 13.5 Å². The van der Waals surface area contributed by atoms with E-state index in [1.807, 2.05) is 0 Å². The van der Waals surface area contributed by atoms with Gasteiger partial charge in [-0.25, -0.2) is 8.42 Å². The third kappa shape index (κ3) is 6.33. The molecule has 0 heterocycles. The first-order chi connectivity index (χ1) is 9.87. The molecule has 1 aromatic rings. The monoisotopic (exact) mass is 317 g/mol. The summed E-state index contributed by atoms with van der Waals surface area (Å²) < 4.78 is 32.3. The summed E-state index contributed by atoms with van der Waals surface area (Å²) >= 11 is 0. The van der Waals surface area contributed by atoms with E-state index in [-0.39, 0.29) is 5.75 Å². The minimum atomic E-state index is -2.94. The molecule has 0 spiro atoms. The highest BCUT2D eigenvalue weighted by molar-refractivity contribution is 7.90. The molecule has 0 aliphatic carbocycles. The number of nitrogens with one attached hydrogen (secondary N) is 1. The average Bonchev–Trinajstić information content (AvgIpc) is 2.44. The molecule has 1 aromatic carbocycles. The van der Waals surface area contributed by atoms with Crippen molar-refractivity contribution >= 4 is 9.84 Å². The Labute approximate surface area is 126 Å². The Morgan fingerprint density at radius 2 is 2.00 bits per heavy atom. The highest BCUT2D eigenvalue weighted by atomic mass is 32.2. The minimum absolute atomic E-state index is 0.137. The second kappa shape index (κ2) is 8.21. The molecule has 0 fully saturated rings. The van der Waals surface area contributed by atoms with Crippen molar-refractivity contribution in [3.8, 4) is 11.5 Å². The smallest absolute Gasteiger partial charge is 0.147 e. The van der Waals surface area contributed by atoms with Crippen LogP contribution in [-0.4, -0.2) is 52.8 Å². The van der Waals surface area contributed by atoms with Gasteiger partial charge in [0.15, 0.2) is 0 Å². The molecule has 0 aliphatic heterocycles. The van der Waals surface area contributed by atoms with Crippen LogP contribution in [0.5, 0.6) is 11.5 Å². The summed E-state index contributed by atoms with van der Waals surface area (Å²) in [5.41, 5.74) is 0.632. The van der Waals surface area contributed by atoms with Gasteiger partial charge in [0.05, 0.1) is 26.1 Å².